The number of rotatable bonds is 1. The van der Waals surface area contributed by atoms with Gasteiger partial charge in [0.1, 0.15) is 16.4 Å². The van der Waals surface area contributed by atoms with Gasteiger partial charge in [-0.25, -0.2) is 4.98 Å². The Labute approximate surface area is 99.0 Å². The van der Waals surface area contributed by atoms with Crippen LogP contribution >= 0.6 is 11.6 Å². The predicted octanol–water partition coefficient (Wildman–Crippen LogP) is 3.25. The van der Waals surface area contributed by atoms with E-state index >= 15 is 0 Å². The van der Waals surface area contributed by atoms with Gasteiger partial charge in [-0.1, -0.05) is 11.6 Å². The number of furan rings is 1. The van der Waals surface area contributed by atoms with Crippen LogP contribution in [0.5, 0.6) is 0 Å². The predicted molar refractivity (Wildman–Crippen MR) is 63.6 cm³/mol. The van der Waals surface area contributed by atoms with Crippen molar-refractivity contribution in [1.29, 1.82) is 0 Å². The van der Waals surface area contributed by atoms with E-state index in [1.54, 1.807) is 6.07 Å². The Morgan fingerprint density at radius 1 is 1.50 bits per heavy atom. The molecule has 1 fully saturated rings. The third kappa shape index (κ3) is 1.60. The summed E-state index contributed by atoms with van der Waals surface area (Å²) < 4.78 is 5.81. The molecule has 0 N–H and O–H groups in total. The summed E-state index contributed by atoms with van der Waals surface area (Å²) >= 11 is 5.85. The molecule has 0 saturated carbocycles. The van der Waals surface area contributed by atoms with E-state index in [2.05, 4.69) is 16.9 Å². The van der Waals surface area contributed by atoms with Gasteiger partial charge in [0.05, 0.1) is 6.04 Å². The molecule has 0 aliphatic carbocycles. The van der Waals surface area contributed by atoms with E-state index in [0.29, 0.717) is 11.2 Å². The minimum atomic E-state index is 0.396. The Kier molecular flexibility index (Phi) is 2.37. The lowest BCUT2D eigenvalue weighted by Crippen LogP contribution is -2.16. The topological polar surface area (TPSA) is 29.3 Å². The number of hydrogen-bond donors (Lipinski definition) is 0. The van der Waals surface area contributed by atoms with E-state index in [-0.39, 0.29) is 0 Å². The Balaban J connectivity index is 2.04. The standard InChI is InChI=1S/C12H13ClN2O/c1-15-6-2-3-9(15)11-7-8-10(16-11)4-5-12(13)14-8/h4-5,7,9H,2-3,6H2,1H3/t9-/m0/s1. The molecule has 84 valence electrons. The largest absolute Gasteiger partial charge is 0.458 e. The van der Waals surface area contributed by atoms with Crippen molar-refractivity contribution in [2.75, 3.05) is 13.6 Å². The van der Waals surface area contributed by atoms with E-state index in [1.807, 2.05) is 12.1 Å². The SMILES string of the molecule is CN1CCC[C@H]1c1cc2nc(Cl)ccc2o1. The highest BCUT2D eigenvalue weighted by molar-refractivity contribution is 6.29. The maximum absolute atomic E-state index is 5.85. The van der Waals surface area contributed by atoms with Gasteiger partial charge in [0.2, 0.25) is 0 Å². The van der Waals surface area contributed by atoms with E-state index in [1.165, 1.54) is 6.42 Å². The first-order valence-corrected chi connectivity index (χ1v) is 5.88. The smallest absolute Gasteiger partial charge is 0.152 e. The van der Waals surface area contributed by atoms with Gasteiger partial charge in [0.25, 0.3) is 0 Å². The number of hydrogen-bond acceptors (Lipinski definition) is 3. The zero-order chi connectivity index (χ0) is 11.1. The van der Waals surface area contributed by atoms with Crippen LogP contribution in [0.1, 0.15) is 24.6 Å². The number of nitrogens with zero attached hydrogens (tertiary/aromatic N) is 2. The number of pyridine rings is 1. The quantitative estimate of drug-likeness (QED) is 0.712. The van der Waals surface area contributed by atoms with Gasteiger partial charge in [0.15, 0.2) is 5.58 Å². The van der Waals surface area contributed by atoms with Gasteiger partial charge in [-0.3, -0.25) is 4.90 Å². The lowest BCUT2D eigenvalue weighted by atomic mass is 10.2. The molecule has 0 amide bonds. The molecule has 0 spiro atoms. The zero-order valence-corrected chi connectivity index (χ0v) is 9.87. The molecule has 0 unspecified atom stereocenters. The maximum Gasteiger partial charge on any atom is 0.152 e. The van der Waals surface area contributed by atoms with E-state index in [9.17, 15) is 0 Å². The van der Waals surface area contributed by atoms with Crippen LogP contribution in [0.3, 0.4) is 0 Å². The third-order valence-corrected chi connectivity index (χ3v) is 3.42. The molecule has 0 bridgehead atoms. The van der Waals surface area contributed by atoms with Crippen LogP contribution in [0.15, 0.2) is 22.6 Å². The van der Waals surface area contributed by atoms with Crippen molar-refractivity contribution >= 4 is 22.7 Å². The molecule has 3 heterocycles. The molecule has 4 heteroatoms. The maximum atomic E-state index is 5.85. The van der Waals surface area contributed by atoms with E-state index < -0.39 is 0 Å². The molecule has 1 saturated heterocycles. The molecule has 1 aliphatic rings. The van der Waals surface area contributed by atoms with Crippen LogP contribution in [0.25, 0.3) is 11.1 Å². The van der Waals surface area contributed by atoms with Gasteiger partial charge in [-0.2, -0.15) is 0 Å². The fraction of sp³-hybridized carbons (Fsp3) is 0.417. The Bertz CT molecular complexity index is 523. The highest BCUT2D eigenvalue weighted by atomic mass is 35.5. The third-order valence-electron chi connectivity index (χ3n) is 3.21. The van der Waals surface area contributed by atoms with Crippen molar-refractivity contribution in [2.24, 2.45) is 0 Å². The summed E-state index contributed by atoms with van der Waals surface area (Å²) in [5.41, 5.74) is 1.67. The first kappa shape index (κ1) is 10.1. The average Bonchev–Trinajstić information content (AvgIpc) is 2.82. The molecule has 3 rings (SSSR count). The van der Waals surface area contributed by atoms with E-state index in [4.69, 9.17) is 16.0 Å². The first-order chi connectivity index (χ1) is 7.74. The summed E-state index contributed by atoms with van der Waals surface area (Å²) in [7, 11) is 2.13. The second kappa shape index (κ2) is 3.75. The highest BCUT2D eigenvalue weighted by Crippen LogP contribution is 2.33. The van der Waals surface area contributed by atoms with Crippen LogP contribution < -0.4 is 0 Å². The molecule has 1 atom stereocenters. The van der Waals surface area contributed by atoms with Crippen molar-refractivity contribution in [3.8, 4) is 0 Å². The van der Waals surface area contributed by atoms with Gasteiger partial charge < -0.3 is 4.42 Å². The van der Waals surface area contributed by atoms with Crippen LogP contribution in [-0.2, 0) is 0 Å². The molecular weight excluding hydrogens is 224 g/mol. The molecule has 2 aromatic heterocycles. The summed E-state index contributed by atoms with van der Waals surface area (Å²) in [6.45, 7) is 1.13. The lowest BCUT2D eigenvalue weighted by molar-refractivity contribution is 0.281. The van der Waals surface area contributed by atoms with Crippen LogP contribution in [0.4, 0.5) is 0 Å². The molecule has 1 aliphatic heterocycles. The van der Waals surface area contributed by atoms with Crippen molar-refractivity contribution in [2.45, 2.75) is 18.9 Å². The molecule has 16 heavy (non-hydrogen) atoms. The van der Waals surface area contributed by atoms with Crippen molar-refractivity contribution in [3.63, 3.8) is 0 Å². The molecule has 2 aromatic rings. The minimum Gasteiger partial charge on any atom is -0.458 e. The Morgan fingerprint density at radius 3 is 3.12 bits per heavy atom. The normalized spacial score (nSPS) is 22.0. The van der Waals surface area contributed by atoms with Gasteiger partial charge >= 0.3 is 0 Å². The van der Waals surface area contributed by atoms with Crippen LogP contribution in [0.2, 0.25) is 5.15 Å². The minimum absolute atomic E-state index is 0.396. The number of fused-ring (bicyclic) bond motifs is 1. The average molecular weight is 237 g/mol. The fourth-order valence-electron chi connectivity index (χ4n) is 2.35. The van der Waals surface area contributed by atoms with Crippen molar-refractivity contribution in [3.05, 3.63) is 29.1 Å². The number of aromatic nitrogens is 1. The number of likely N-dealkylation sites (tertiary alicyclic amines) is 1. The second-order valence-corrected chi connectivity index (χ2v) is 4.69. The molecule has 3 nitrogen and oxygen atoms in total. The summed E-state index contributed by atoms with van der Waals surface area (Å²) in [6, 6.07) is 6.04. The van der Waals surface area contributed by atoms with Gasteiger partial charge in [-0.15, -0.1) is 0 Å². The Morgan fingerprint density at radius 2 is 2.38 bits per heavy atom. The van der Waals surface area contributed by atoms with Crippen LogP contribution in [0, 0.1) is 0 Å². The summed E-state index contributed by atoms with van der Waals surface area (Å²) in [5.74, 6) is 1.00. The molecular formula is C12H13ClN2O. The second-order valence-electron chi connectivity index (χ2n) is 4.30. The molecule has 0 aromatic carbocycles. The fourth-order valence-corrected chi connectivity index (χ4v) is 2.51. The highest BCUT2D eigenvalue weighted by Gasteiger charge is 2.25. The summed E-state index contributed by atoms with van der Waals surface area (Å²) in [5, 5.41) is 0.514. The van der Waals surface area contributed by atoms with Crippen molar-refractivity contribution in [1.82, 2.24) is 9.88 Å². The summed E-state index contributed by atoms with van der Waals surface area (Å²) in [6.07, 6.45) is 2.39. The lowest BCUT2D eigenvalue weighted by Gasteiger charge is -2.16. The first-order valence-electron chi connectivity index (χ1n) is 5.50. The number of halogens is 1. The zero-order valence-electron chi connectivity index (χ0n) is 9.11. The van der Waals surface area contributed by atoms with Gasteiger partial charge in [-0.05, 0) is 38.6 Å². The van der Waals surface area contributed by atoms with E-state index in [0.717, 1.165) is 29.8 Å². The Hall–Kier alpha value is -1.06. The monoisotopic (exact) mass is 236 g/mol. The molecule has 0 radical (unpaired) electrons. The summed E-state index contributed by atoms with van der Waals surface area (Å²) in [4.78, 5) is 6.56. The van der Waals surface area contributed by atoms with Crippen LogP contribution in [-0.4, -0.2) is 23.5 Å². The van der Waals surface area contributed by atoms with Gasteiger partial charge in [0, 0.05) is 6.07 Å². The van der Waals surface area contributed by atoms with Crippen molar-refractivity contribution < 1.29 is 4.42 Å².